The van der Waals surface area contributed by atoms with Crippen molar-refractivity contribution in [2.75, 3.05) is 26.2 Å². The van der Waals surface area contributed by atoms with Gasteiger partial charge < -0.3 is 14.5 Å². The van der Waals surface area contributed by atoms with Gasteiger partial charge in [0.05, 0.1) is 6.54 Å². The van der Waals surface area contributed by atoms with Crippen LogP contribution in [-0.2, 0) is 24.3 Å². The monoisotopic (exact) mass is 402 g/mol. The highest BCUT2D eigenvalue weighted by atomic mass is 16.2. The molecule has 2 bridgehead atoms. The van der Waals surface area contributed by atoms with Crippen molar-refractivity contribution in [2.24, 2.45) is 5.92 Å². The summed E-state index contributed by atoms with van der Waals surface area (Å²) in [4.78, 5) is 33.2. The minimum Gasteiger partial charge on any atom is -0.358 e. The standard InChI is InChI=1S/C24H26N4O2/c29-23-7-3-6-22-17-10-16(12-28(22)23)11-26(13-17)15-24(30)27-9-8-21-19(14-27)18-4-1-2-5-20(18)25-21/h1-7,16-17,25H,8-15H2. The van der Waals surface area contributed by atoms with Gasteiger partial charge in [0.2, 0.25) is 5.91 Å². The highest BCUT2D eigenvalue weighted by Gasteiger charge is 2.35. The van der Waals surface area contributed by atoms with E-state index in [0.717, 1.165) is 50.2 Å². The number of hydrogen-bond acceptors (Lipinski definition) is 3. The van der Waals surface area contributed by atoms with Crippen LogP contribution in [0.3, 0.4) is 0 Å². The third-order valence-corrected chi connectivity index (χ3v) is 7.15. The molecular formula is C24H26N4O2. The van der Waals surface area contributed by atoms with E-state index in [2.05, 4.69) is 34.1 Å². The molecule has 3 aliphatic heterocycles. The summed E-state index contributed by atoms with van der Waals surface area (Å²) in [5.41, 5.74) is 4.95. The molecule has 154 valence electrons. The first-order valence-electron chi connectivity index (χ1n) is 10.9. The van der Waals surface area contributed by atoms with Crippen molar-refractivity contribution in [3.05, 3.63) is 69.8 Å². The number of piperidine rings is 1. The van der Waals surface area contributed by atoms with Crippen LogP contribution in [0, 0.1) is 5.92 Å². The molecule has 3 aliphatic rings. The van der Waals surface area contributed by atoms with E-state index < -0.39 is 0 Å². The number of fused-ring (bicyclic) bond motifs is 7. The van der Waals surface area contributed by atoms with Gasteiger partial charge in [-0.25, -0.2) is 0 Å². The van der Waals surface area contributed by atoms with Gasteiger partial charge in [-0.2, -0.15) is 0 Å². The molecule has 6 nitrogen and oxygen atoms in total. The molecule has 1 amide bonds. The number of rotatable bonds is 2. The number of nitrogens with zero attached hydrogens (tertiary/aromatic N) is 3. The van der Waals surface area contributed by atoms with Crippen molar-refractivity contribution in [3.63, 3.8) is 0 Å². The lowest BCUT2D eigenvalue weighted by molar-refractivity contribution is -0.134. The minimum atomic E-state index is 0.106. The third kappa shape index (κ3) is 2.89. The van der Waals surface area contributed by atoms with Gasteiger partial charge in [-0.3, -0.25) is 14.5 Å². The Kier molecular flexibility index (Phi) is 4.09. The van der Waals surface area contributed by atoms with Crippen LogP contribution in [0.5, 0.6) is 0 Å². The van der Waals surface area contributed by atoms with Gasteiger partial charge in [-0.1, -0.05) is 24.3 Å². The van der Waals surface area contributed by atoms with Gasteiger partial charge >= 0.3 is 0 Å². The lowest BCUT2D eigenvalue weighted by Crippen LogP contribution is -2.50. The molecule has 0 radical (unpaired) electrons. The van der Waals surface area contributed by atoms with E-state index in [4.69, 9.17) is 0 Å². The average Bonchev–Trinajstić information content (AvgIpc) is 3.12. The van der Waals surface area contributed by atoms with Crippen LogP contribution >= 0.6 is 0 Å². The number of nitrogens with one attached hydrogen (secondary N) is 1. The Morgan fingerprint density at radius 1 is 1.07 bits per heavy atom. The van der Waals surface area contributed by atoms with E-state index in [1.807, 2.05) is 21.6 Å². The topological polar surface area (TPSA) is 61.3 Å². The van der Waals surface area contributed by atoms with Crippen molar-refractivity contribution < 1.29 is 4.79 Å². The Bertz CT molecular complexity index is 1190. The summed E-state index contributed by atoms with van der Waals surface area (Å²) in [5, 5.41) is 1.24. The molecule has 1 fully saturated rings. The fraction of sp³-hybridized carbons (Fsp3) is 0.417. The zero-order chi connectivity index (χ0) is 20.2. The number of para-hydroxylation sites is 1. The predicted octanol–water partition coefficient (Wildman–Crippen LogP) is 2.33. The average molecular weight is 402 g/mol. The Hall–Kier alpha value is -2.86. The summed E-state index contributed by atoms with van der Waals surface area (Å²) in [5.74, 6) is 1.02. The normalized spacial score (nSPS) is 23.3. The maximum atomic E-state index is 13.2. The van der Waals surface area contributed by atoms with E-state index in [-0.39, 0.29) is 11.5 Å². The number of likely N-dealkylation sites (tertiary alicyclic amines) is 1. The molecule has 1 N–H and O–H groups in total. The molecule has 5 heterocycles. The summed E-state index contributed by atoms with van der Waals surface area (Å²) in [6, 6.07) is 14.0. The molecule has 2 aromatic heterocycles. The zero-order valence-electron chi connectivity index (χ0n) is 17.0. The number of hydrogen-bond donors (Lipinski definition) is 1. The number of pyridine rings is 1. The van der Waals surface area contributed by atoms with Crippen LogP contribution in [0.4, 0.5) is 0 Å². The first-order chi connectivity index (χ1) is 14.7. The fourth-order valence-electron chi connectivity index (χ4n) is 5.80. The molecule has 6 heteroatoms. The predicted molar refractivity (Wildman–Crippen MR) is 115 cm³/mol. The molecule has 1 aromatic carbocycles. The number of aromatic amines is 1. The highest BCUT2D eigenvalue weighted by molar-refractivity contribution is 5.86. The van der Waals surface area contributed by atoms with Gasteiger partial charge in [0, 0.05) is 79.0 Å². The number of aromatic nitrogens is 2. The van der Waals surface area contributed by atoms with E-state index in [0.29, 0.717) is 24.9 Å². The second-order valence-electron chi connectivity index (χ2n) is 9.09. The molecule has 6 rings (SSSR count). The number of carbonyl (C=O) groups excluding carboxylic acids is 1. The number of amides is 1. The van der Waals surface area contributed by atoms with Crippen molar-refractivity contribution in [2.45, 2.75) is 31.8 Å². The molecule has 0 aliphatic carbocycles. The highest BCUT2D eigenvalue weighted by Crippen LogP contribution is 2.35. The maximum Gasteiger partial charge on any atom is 0.250 e. The number of carbonyl (C=O) groups is 1. The molecule has 2 atom stereocenters. The SMILES string of the molecule is O=C(CN1CC2CC(C1)c1cccc(=O)n1C2)N1CCc2[nH]c3ccccc3c2C1. The molecule has 0 spiro atoms. The fourth-order valence-corrected chi connectivity index (χ4v) is 5.80. The minimum absolute atomic E-state index is 0.106. The van der Waals surface area contributed by atoms with E-state index in [1.165, 1.54) is 16.6 Å². The van der Waals surface area contributed by atoms with Crippen molar-refractivity contribution in [1.29, 1.82) is 0 Å². The van der Waals surface area contributed by atoms with Gasteiger partial charge in [0.25, 0.3) is 5.56 Å². The van der Waals surface area contributed by atoms with E-state index >= 15 is 0 Å². The first-order valence-corrected chi connectivity index (χ1v) is 10.9. The van der Waals surface area contributed by atoms with E-state index in [9.17, 15) is 9.59 Å². The molecule has 0 saturated carbocycles. The van der Waals surface area contributed by atoms with E-state index in [1.54, 1.807) is 6.07 Å². The molecule has 30 heavy (non-hydrogen) atoms. The van der Waals surface area contributed by atoms with Crippen LogP contribution in [0.25, 0.3) is 10.9 Å². The van der Waals surface area contributed by atoms with Gasteiger partial charge in [0.15, 0.2) is 0 Å². The van der Waals surface area contributed by atoms with Gasteiger partial charge in [-0.05, 0) is 24.5 Å². The lowest BCUT2D eigenvalue weighted by atomic mass is 9.83. The second kappa shape index (κ2) is 6.84. The maximum absolute atomic E-state index is 13.2. The Morgan fingerprint density at radius 3 is 2.90 bits per heavy atom. The third-order valence-electron chi connectivity index (χ3n) is 7.15. The largest absolute Gasteiger partial charge is 0.358 e. The van der Waals surface area contributed by atoms with Crippen LogP contribution in [-0.4, -0.2) is 51.4 Å². The van der Waals surface area contributed by atoms with Gasteiger partial charge in [-0.15, -0.1) is 0 Å². The first kappa shape index (κ1) is 18.0. The zero-order valence-corrected chi connectivity index (χ0v) is 17.0. The Balaban J connectivity index is 1.18. The molecule has 3 aromatic rings. The Labute approximate surface area is 175 Å². The molecular weight excluding hydrogens is 376 g/mol. The Morgan fingerprint density at radius 2 is 1.97 bits per heavy atom. The molecule has 1 saturated heterocycles. The summed E-state index contributed by atoms with van der Waals surface area (Å²) in [6.45, 7) is 4.47. The summed E-state index contributed by atoms with van der Waals surface area (Å²) >= 11 is 0. The van der Waals surface area contributed by atoms with Crippen LogP contribution in [0.1, 0.15) is 29.3 Å². The van der Waals surface area contributed by atoms with Crippen molar-refractivity contribution >= 4 is 16.8 Å². The lowest BCUT2D eigenvalue weighted by Gasteiger charge is -2.43. The quantitative estimate of drug-likeness (QED) is 0.716. The number of H-pyrrole nitrogens is 1. The second-order valence-corrected chi connectivity index (χ2v) is 9.09. The van der Waals surface area contributed by atoms with Crippen molar-refractivity contribution in [3.8, 4) is 0 Å². The van der Waals surface area contributed by atoms with Crippen molar-refractivity contribution in [1.82, 2.24) is 19.4 Å². The summed E-state index contributed by atoms with van der Waals surface area (Å²) < 4.78 is 1.95. The number of benzene rings is 1. The summed E-state index contributed by atoms with van der Waals surface area (Å²) in [7, 11) is 0. The van der Waals surface area contributed by atoms with Crippen LogP contribution in [0.15, 0.2) is 47.3 Å². The molecule has 2 unspecified atom stereocenters. The smallest absolute Gasteiger partial charge is 0.250 e. The van der Waals surface area contributed by atoms with Gasteiger partial charge in [0.1, 0.15) is 0 Å². The van der Waals surface area contributed by atoms with Crippen LogP contribution in [0.2, 0.25) is 0 Å². The van der Waals surface area contributed by atoms with Crippen LogP contribution < -0.4 is 5.56 Å². The summed E-state index contributed by atoms with van der Waals surface area (Å²) in [6.07, 6.45) is 2.01.